The van der Waals surface area contributed by atoms with Gasteiger partial charge in [-0.1, -0.05) is 12.1 Å². The van der Waals surface area contributed by atoms with Crippen molar-refractivity contribution >= 4 is 39.9 Å². The number of aromatic nitrogens is 1. The van der Waals surface area contributed by atoms with Crippen molar-refractivity contribution in [2.45, 2.75) is 13.8 Å². The molecule has 5 rings (SSSR count). The zero-order valence-electron chi connectivity index (χ0n) is 18.7. The molecule has 1 aromatic heterocycles. The summed E-state index contributed by atoms with van der Waals surface area (Å²) in [6.45, 7) is 6.71. The standard InChI is InChI=1S/C23H24N6O3S/c1-14-12-16(15(2)28(14)18-6-4-5-7-19(18)31-3)13-17-20(24)29-22(25-21(17)30)33-23(26-29)27-8-10-32-11-9-27/h4-7,12-13,24H,8-11H2,1-3H3/b17-13-,24-20?. The molecule has 0 bridgehead atoms. The van der Waals surface area contributed by atoms with Gasteiger partial charge >= 0.3 is 0 Å². The molecule has 0 radical (unpaired) electrons. The van der Waals surface area contributed by atoms with Gasteiger partial charge in [0.15, 0.2) is 11.0 Å². The summed E-state index contributed by atoms with van der Waals surface area (Å²) in [5.41, 5.74) is 3.90. The first-order valence-corrected chi connectivity index (χ1v) is 11.4. The molecule has 3 aliphatic heterocycles. The van der Waals surface area contributed by atoms with Crippen molar-refractivity contribution in [3.8, 4) is 11.4 Å². The lowest BCUT2D eigenvalue weighted by Crippen LogP contribution is -2.39. The van der Waals surface area contributed by atoms with Crippen LogP contribution in [-0.4, -0.2) is 70.0 Å². The number of methoxy groups -OCH3 is 1. The molecule has 10 heteroatoms. The Labute approximate surface area is 195 Å². The topological polar surface area (TPSA) is 95.5 Å². The fourth-order valence-electron chi connectivity index (χ4n) is 4.14. The second kappa shape index (κ2) is 8.53. The molecule has 0 atom stereocenters. The van der Waals surface area contributed by atoms with Crippen LogP contribution < -0.4 is 4.74 Å². The minimum atomic E-state index is -0.431. The van der Waals surface area contributed by atoms with Gasteiger partial charge in [-0.05, 0) is 55.4 Å². The van der Waals surface area contributed by atoms with Gasteiger partial charge in [0.05, 0.1) is 31.6 Å². The molecule has 9 nitrogen and oxygen atoms in total. The summed E-state index contributed by atoms with van der Waals surface area (Å²) < 4.78 is 13.0. The average Bonchev–Trinajstić information content (AvgIpc) is 3.37. The normalized spacial score (nSPS) is 19.7. The lowest BCUT2D eigenvalue weighted by atomic mass is 10.1. The molecule has 2 aromatic rings. The highest BCUT2D eigenvalue weighted by atomic mass is 32.2. The molecule has 0 unspecified atom stereocenters. The number of nitrogens with one attached hydrogen (secondary N) is 1. The quantitative estimate of drug-likeness (QED) is 0.702. The van der Waals surface area contributed by atoms with Crippen molar-refractivity contribution in [3.05, 3.63) is 52.9 Å². The number of morpholine rings is 1. The molecule has 1 amide bonds. The zero-order chi connectivity index (χ0) is 23.1. The molecule has 1 aromatic carbocycles. The monoisotopic (exact) mass is 464 g/mol. The summed E-state index contributed by atoms with van der Waals surface area (Å²) >= 11 is 1.32. The Morgan fingerprint density at radius 2 is 1.94 bits per heavy atom. The van der Waals surface area contributed by atoms with Crippen LogP contribution in [0.15, 0.2) is 46.0 Å². The number of aliphatic imine (C=N–C) groups is 1. The summed E-state index contributed by atoms with van der Waals surface area (Å²) in [4.78, 5) is 19.2. The number of hydrogen-bond acceptors (Lipinski definition) is 7. The van der Waals surface area contributed by atoms with E-state index in [0.717, 1.165) is 46.6 Å². The molecule has 0 saturated carbocycles. The van der Waals surface area contributed by atoms with E-state index in [1.807, 2.05) is 44.2 Å². The van der Waals surface area contributed by atoms with E-state index in [2.05, 4.69) is 19.6 Å². The molecule has 1 saturated heterocycles. The van der Waals surface area contributed by atoms with Gasteiger partial charge in [0.2, 0.25) is 5.17 Å². The highest BCUT2D eigenvalue weighted by Crippen LogP contribution is 2.32. The molecule has 1 N–H and O–H groups in total. The number of amidine groups is 3. The molecule has 3 aliphatic rings. The third kappa shape index (κ3) is 3.75. The third-order valence-corrected chi connectivity index (χ3v) is 6.79. The largest absolute Gasteiger partial charge is 0.495 e. The lowest BCUT2D eigenvalue weighted by molar-refractivity contribution is -0.114. The second-order valence-electron chi connectivity index (χ2n) is 7.84. The van der Waals surface area contributed by atoms with Crippen LogP contribution in [0.5, 0.6) is 5.75 Å². The Morgan fingerprint density at radius 1 is 1.18 bits per heavy atom. The molecule has 0 spiro atoms. The molecule has 4 heterocycles. The number of fused-ring (bicyclic) bond motifs is 1. The first kappa shape index (κ1) is 21.5. The summed E-state index contributed by atoms with van der Waals surface area (Å²) in [5.74, 6) is 0.357. The number of ether oxygens (including phenoxy) is 2. The van der Waals surface area contributed by atoms with Crippen molar-refractivity contribution in [2.75, 3.05) is 33.4 Å². The van der Waals surface area contributed by atoms with E-state index < -0.39 is 5.91 Å². The average molecular weight is 465 g/mol. The van der Waals surface area contributed by atoms with E-state index >= 15 is 0 Å². The van der Waals surface area contributed by atoms with Crippen LogP contribution >= 0.6 is 11.8 Å². The summed E-state index contributed by atoms with van der Waals surface area (Å²) in [5, 5.41) is 15.9. The first-order chi connectivity index (χ1) is 16.0. The second-order valence-corrected chi connectivity index (χ2v) is 8.77. The Bertz CT molecular complexity index is 1240. The van der Waals surface area contributed by atoms with Crippen LogP contribution in [0.25, 0.3) is 11.8 Å². The van der Waals surface area contributed by atoms with Gasteiger partial charge in [-0.25, -0.2) is 0 Å². The Balaban J connectivity index is 1.49. The zero-order valence-corrected chi connectivity index (χ0v) is 19.5. The van der Waals surface area contributed by atoms with E-state index in [1.165, 1.54) is 16.8 Å². The van der Waals surface area contributed by atoms with Crippen molar-refractivity contribution in [2.24, 2.45) is 10.1 Å². The molecular formula is C23H24N6O3S. The van der Waals surface area contributed by atoms with Crippen molar-refractivity contribution in [1.82, 2.24) is 14.5 Å². The number of carbonyl (C=O) groups excluding carboxylic acids is 1. The highest BCUT2D eigenvalue weighted by molar-refractivity contribution is 8.26. The maximum absolute atomic E-state index is 12.9. The van der Waals surface area contributed by atoms with E-state index in [-0.39, 0.29) is 11.4 Å². The van der Waals surface area contributed by atoms with Crippen LogP contribution in [0, 0.1) is 19.3 Å². The number of para-hydroxylation sites is 2. The fourth-order valence-corrected chi connectivity index (χ4v) is 5.08. The van der Waals surface area contributed by atoms with Crippen LogP contribution in [0.1, 0.15) is 17.0 Å². The van der Waals surface area contributed by atoms with Gasteiger partial charge in [-0.15, -0.1) is 5.10 Å². The van der Waals surface area contributed by atoms with E-state index in [9.17, 15) is 4.79 Å². The van der Waals surface area contributed by atoms with Gasteiger partial charge < -0.3 is 18.9 Å². The lowest BCUT2D eigenvalue weighted by Gasteiger charge is -2.26. The number of benzene rings is 1. The third-order valence-electron chi connectivity index (χ3n) is 5.82. The summed E-state index contributed by atoms with van der Waals surface area (Å²) in [7, 11) is 1.65. The maximum Gasteiger partial charge on any atom is 0.283 e. The van der Waals surface area contributed by atoms with Gasteiger partial charge in [0.25, 0.3) is 5.91 Å². The number of hydrazone groups is 1. The van der Waals surface area contributed by atoms with Crippen molar-refractivity contribution in [1.29, 1.82) is 5.41 Å². The molecule has 33 heavy (non-hydrogen) atoms. The van der Waals surface area contributed by atoms with Gasteiger partial charge in [-0.2, -0.15) is 10.0 Å². The van der Waals surface area contributed by atoms with Crippen LogP contribution in [0.3, 0.4) is 0 Å². The van der Waals surface area contributed by atoms with Crippen molar-refractivity contribution < 1.29 is 14.3 Å². The number of aryl methyl sites for hydroxylation is 1. The predicted octanol–water partition coefficient (Wildman–Crippen LogP) is 3.01. The van der Waals surface area contributed by atoms with Gasteiger partial charge in [-0.3, -0.25) is 10.2 Å². The fraction of sp³-hybridized carbons (Fsp3) is 0.304. The van der Waals surface area contributed by atoms with Crippen LogP contribution in [0.2, 0.25) is 0 Å². The summed E-state index contributed by atoms with van der Waals surface area (Å²) in [6.07, 6.45) is 1.73. The number of rotatable bonds is 3. The van der Waals surface area contributed by atoms with Crippen LogP contribution in [-0.2, 0) is 9.53 Å². The highest BCUT2D eigenvalue weighted by Gasteiger charge is 2.37. The minimum Gasteiger partial charge on any atom is -0.495 e. The van der Waals surface area contributed by atoms with E-state index in [1.54, 1.807) is 13.2 Å². The molecular weight excluding hydrogens is 440 g/mol. The SMILES string of the molecule is COc1ccccc1-n1c(C)cc(/C=C2/C(=N)N3N=C(N4CCOCC4)SC3=NC2=O)c1C. The van der Waals surface area contributed by atoms with Crippen LogP contribution in [0.4, 0.5) is 0 Å². The Kier molecular flexibility index (Phi) is 5.55. The Hall–Kier alpha value is -3.37. The predicted molar refractivity (Wildman–Crippen MR) is 129 cm³/mol. The Morgan fingerprint density at radius 3 is 2.70 bits per heavy atom. The van der Waals surface area contributed by atoms with Gasteiger partial charge in [0.1, 0.15) is 5.75 Å². The van der Waals surface area contributed by atoms with Crippen molar-refractivity contribution in [3.63, 3.8) is 0 Å². The maximum atomic E-state index is 12.9. The molecule has 0 aliphatic carbocycles. The van der Waals surface area contributed by atoms with E-state index in [4.69, 9.17) is 14.9 Å². The number of carbonyl (C=O) groups is 1. The summed E-state index contributed by atoms with van der Waals surface area (Å²) in [6, 6.07) is 9.79. The number of hydrogen-bond donors (Lipinski definition) is 1. The minimum absolute atomic E-state index is 0.0304. The molecule has 1 fully saturated rings. The first-order valence-electron chi connectivity index (χ1n) is 10.6. The van der Waals surface area contributed by atoms with Gasteiger partial charge in [0, 0.05) is 24.5 Å². The number of nitrogens with zero attached hydrogens (tertiary/aromatic N) is 5. The van der Waals surface area contributed by atoms with E-state index in [0.29, 0.717) is 18.4 Å². The molecule has 170 valence electrons. The number of amides is 1. The number of thioether (sulfide) groups is 1. The smallest absolute Gasteiger partial charge is 0.283 e.